The summed E-state index contributed by atoms with van der Waals surface area (Å²) in [5.74, 6) is 0. The van der Waals surface area contributed by atoms with Crippen LogP contribution in [0.4, 0.5) is 0 Å². The summed E-state index contributed by atoms with van der Waals surface area (Å²) in [7, 11) is 2.18. The first-order chi connectivity index (χ1) is 5.84. The molecule has 1 saturated heterocycles. The molecule has 1 aliphatic heterocycles. The van der Waals surface area contributed by atoms with Crippen LogP contribution in [0.1, 0.15) is 19.3 Å². The maximum absolute atomic E-state index is 8.57. The van der Waals surface area contributed by atoms with Crippen LogP contribution in [0.25, 0.3) is 0 Å². The van der Waals surface area contributed by atoms with E-state index in [1.807, 2.05) is 0 Å². The molecule has 0 unspecified atom stereocenters. The first kappa shape index (κ1) is 9.96. The van der Waals surface area contributed by atoms with Crippen molar-refractivity contribution in [1.82, 2.24) is 10.2 Å². The second-order valence-electron chi connectivity index (χ2n) is 3.58. The van der Waals surface area contributed by atoms with Crippen molar-refractivity contribution in [2.75, 3.05) is 33.3 Å². The highest BCUT2D eigenvalue weighted by Gasteiger charge is 2.20. The summed E-state index contributed by atoms with van der Waals surface area (Å²) in [4.78, 5) is 2.41. The van der Waals surface area contributed by atoms with Gasteiger partial charge in [-0.2, -0.15) is 0 Å². The number of nitrogens with one attached hydrogen (secondary N) is 1. The van der Waals surface area contributed by atoms with E-state index in [1.54, 1.807) is 0 Å². The predicted octanol–water partition coefficient (Wildman–Crippen LogP) is 0.0526. The van der Waals surface area contributed by atoms with Crippen molar-refractivity contribution in [1.29, 1.82) is 0 Å². The normalized spacial score (nSPS) is 18.2. The van der Waals surface area contributed by atoms with Gasteiger partial charge in [-0.05, 0) is 32.9 Å². The van der Waals surface area contributed by atoms with Gasteiger partial charge in [0.2, 0.25) is 0 Å². The minimum absolute atomic E-state index is 0.342. The van der Waals surface area contributed by atoms with Gasteiger partial charge in [0.25, 0.3) is 0 Å². The SMILES string of the molecule is CN(CCCCCO)C1CNC1. The summed E-state index contributed by atoms with van der Waals surface area (Å²) in [6.45, 7) is 3.81. The van der Waals surface area contributed by atoms with Gasteiger partial charge < -0.3 is 15.3 Å². The highest BCUT2D eigenvalue weighted by Crippen LogP contribution is 2.04. The molecule has 0 aromatic rings. The van der Waals surface area contributed by atoms with Crippen LogP contribution in [0.5, 0.6) is 0 Å². The first-order valence-corrected chi connectivity index (χ1v) is 4.86. The second-order valence-corrected chi connectivity index (χ2v) is 3.58. The number of nitrogens with zero attached hydrogens (tertiary/aromatic N) is 1. The van der Waals surface area contributed by atoms with Crippen molar-refractivity contribution in [3.63, 3.8) is 0 Å². The number of rotatable bonds is 6. The van der Waals surface area contributed by atoms with E-state index in [0.29, 0.717) is 6.61 Å². The van der Waals surface area contributed by atoms with Crippen molar-refractivity contribution in [2.24, 2.45) is 0 Å². The molecule has 0 radical (unpaired) electrons. The van der Waals surface area contributed by atoms with E-state index in [4.69, 9.17) is 5.11 Å². The smallest absolute Gasteiger partial charge is 0.0431 e. The lowest BCUT2D eigenvalue weighted by Crippen LogP contribution is -2.55. The molecular weight excluding hydrogens is 152 g/mol. The zero-order valence-corrected chi connectivity index (χ0v) is 7.92. The fraction of sp³-hybridized carbons (Fsp3) is 1.00. The average molecular weight is 172 g/mol. The van der Waals surface area contributed by atoms with Crippen molar-refractivity contribution in [2.45, 2.75) is 25.3 Å². The van der Waals surface area contributed by atoms with E-state index < -0.39 is 0 Å². The third-order valence-electron chi connectivity index (χ3n) is 2.55. The van der Waals surface area contributed by atoms with Gasteiger partial charge in [-0.1, -0.05) is 0 Å². The molecule has 12 heavy (non-hydrogen) atoms. The van der Waals surface area contributed by atoms with Gasteiger partial charge in [-0.3, -0.25) is 0 Å². The third-order valence-corrected chi connectivity index (χ3v) is 2.55. The Balaban J connectivity index is 1.91. The van der Waals surface area contributed by atoms with Gasteiger partial charge in [0.05, 0.1) is 0 Å². The molecule has 1 aliphatic rings. The predicted molar refractivity (Wildman–Crippen MR) is 50.2 cm³/mol. The minimum atomic E-state index is 0.342. The maximum atomic E-state index is 8.57. The molecule has 0 aliphatic carbocycles. The Hall–Kier alpha value is -0.120. The van der Waals surface area contributed by atoms with Crippen molar-refractivity contribution in [3.05, 3.63) is 0 Å². The molecule has 3 heteroatoms. The molecule has 72 valence electrons. The summed E-state index contributed by atoms with van der Waals surface area (Å²) in [6, 6.07) is 0.763. The molecule has 0 saturated carbocycles. The van der Waals surface area contributed by atoms with Crippen LogP contribution >= 0.6 is 0 Å². The van der Waals surface area contributed by atoms with Crippen molar-refractivity contribution < 1.29 is 5.11 Å². The largest absolute Gasteiger partial charge is 0.396 e. The molecule has 0 aromatic heterocycles. The number of aliphatic hydroxyl groups excluding tert-OH is 1. The standard InChI is InChI=1S/C9H20N2O/c1-11(9-7-10-8-9)5-3-2-4-6-12/h9-10,12H,2-8H2,1H3. The van der Waals surface area contributed by atoms with Crippen LogP contribution in [0.2, 0.25) is 0 Å². The Morgan fingerprint density at radius 3 is 2.58 bits per heavy atom. The van der Waals surface area contributed by atoms with Crippen molar-refractivity contribution in [3.8, 4) is 0 Å². The second kappa shape index (κ2) is 5.51. The van der Waals surface area contributed by atoms with Gasteiger partial charge in [0.15, 0.2) is 0 Å². The molecule has 1 rings (SSSR count). The van der Waals surface area contributed by atoms with Crippen molar-refractivity contribution >= 4 is 0 Å². The molecule has 2 N–H and O–H groups in total. The maximum Gasteiger partial charge on any atom is 0.0431 e. The molecular formula is C9H20N2O. The van der Waals surface area contributed by atoms with Crippen LogP contribution in [-0.2, 0) is 0 Å². The van der Waals surface area contributed by atoms with Crippen LogP contribution in [0.3, 0.4) is 0 Å². The molecule has 3 nitrogen and oxygen atoms in total. The summed E-state index contributed by atoms with van der Waals surface area (Å²) >= 11 is 0. The molecule has 0 aromatic carbocycles. The Labute approximate surface area is 74.8 Å². The monoisotopic (exact) mass is 172 g/mol. The minimum Gasteiger partial charge on any atom is -0.396 e. The van der Waals surface area contributed by atoms with Gasteiger partial charge in [-0.25, -0.2) is 0 Å². The average Bonchev–Trinajstić information content (AvgIpc) is 1.95. The fourth-order valence-electron chi connectivity index (χ4n) is 1.42. The summed E-state index contributed by atoms with van der Waals surface area (Å²) < 4.78 is 0. The van der Waals surface area contributed by atoms with Crippen LogP contribution < -0.4 is 5.32 Å². The zero-order chi connectivity index (χ0) is 8.81. The number of unbranched alkanes of at least 4 members (excludes halogenated alkanes) is 2. The lowest BCUT2D eigenvalue weighted by Gasteiger charge is -2.35. The number of likely N-dealkylation sites (N-methyl/N-ethyl adjacent to an activating group) is 1. The molecule has 1 heterocycles. The van der Waals surface area contributed by atoms with Gasteiger partial charge in [-0.15, -0.1) is 0 Å². The number of hydrogen-bond donors (Lipinski definition) is 2. The van der Waals surface area contributed by atoms with E-state index >= 15 is 0 Å². The van der Waals surface area contributed by atoms with Crippen LogP contribution in [0, 0.1) is 0 Å². The molecule has 0 atom stereocenters. The first-order valence-electron chi connectivity index (χ1n) is 4.86. The van der Waals surface area contributed by atoms with Gasteiger partial charge in [0, 0.05) is 25.7 Å². The lowest BCUT2D eigenvalue weighted by molar-refractivity contribution is 0.175. The molecule has 0 amide bonds. The van der Waals surface area contributed by atoms with E-state index in [1.165, 1.54) is 13.0 Å². The number of aliphatic hydroxyl groups is 1. The Morgan fingerprint density at radius 1 is 1.33 bits per heavy atom. The zero-order valence-electron chi connectivity index (χ0n) is 7.92. The van der Waals surface area contributed by atoms with E-state index in [2.05, 4.69) is 17.3 Å². The lowest BCUT2D eigenvalue weighted by atomic mass is 10.1. The fourth-order valence-corrected chi connectivity index (χ4v) is 1.42. The highest BCUT2D eigenvalue weighted by molar-refractivity contribution is 4.82. The topological polar surface area (TPSA) is 35.5 Å². The van der Waals surface area contributed by atoms with Gasteiger partial charge in [0.1, 0.15) is 0 Å². The summed E-state index contributed by atoms with van der Waals surface area (Å²) in [5, 5.41) is 11.8. The third kappa shape index (κ3) is 3.09. The quantitative estimate of drug-likeness (QED) is 0.556. The van der Waals surface area contributed by atoms with Crippen LogP contribution in [0.15, 0.2) is 0 Å². The molecule has 0 spiro atoms. The number of hydrogen-bond acceptors (Lipinski definition) is 3. The highest BCUT2D eigenvalue weighted by atomic mass is 16.2. The molecule has 0 bridgehead atoms. The van der Waals surface area contributed by atoms with Gasteiger partial charge >= 0.3 is 0 Å². The molecule has 1 fully saturated rings. The van der Waals surface area contributed by atoms with Crippen LogP contribution in [-0.4, -0.2) is 49.3 Å². The summed E-state index contributed by atoms with van der Waals surface area (Å²) in [5.41, 5.74) is 0. The van der Waals surface area contributed by atoms with E-state index in [9.17, 15) is 0 Å². The summed E-state index contributed by atoms with van der Waals surface area (Å²) in [6.07, 6.45) is 3.32. The Bertz CT molecular complexity index is 115. The van der Waals surface area contributed by atoms with E-state index in [0.717, 1.165) is 32.0 Å². The Kier molecular flexibility index (Phi) is 4.58. The van der Waals surface area contributed by atoms with E-state index in [-0.39, 0.29) is 0 Å². The Morgan fingerprint density at radius 2 is 2.08 bits per heavy atom.